The average molecular weight is 133 g/mol. The molecule has 0 heterocycles. The van der Waals surface area contributed by atoms with Gasteiger partial charge in [0.25, 0.3) is 0 Å². The van der Waals surface area contributed by atoms with Crippen LogP contribution in [0.2, 0.25) is 0 Å². The van der Waals surface area contributed by atoms with Crippen LogP contribution in [0.4, 0.5) is 8.78 Å². The van der Waals surface area contributed by atoms with Gasteiger partial charge < -0.3 is 0 Å². The normalized spacial score (nSPS) is 10.0. The van der Waals surface area contributed by atoms with Crippen LogP contribution in [-0.2, 0) is 0 Å². The molecule has 0 saturated heterocycles. The van der Waals surface area contributed by atoms with Crippen LogP contribution in [0.5, 0.6) is 0 Å². The third-order valence-electron chi connectivity index (χ3n) is 0.189. The molecule has 38 valence electrons. The maximum Gasteiger partial charge on any atom is 0.248 e. The predicted molar refractivity (Wildman–Crippen MR) is 24.3 cm³/mol. The highest BCUT2D eigenvalue weighted by Gasteiger charge is 1.97. The molecule has 0 aliphatic rings. The van der Waals surface area contributed by atoms with Crippen molar-refractivity contribution in [2.75, 3.05) is 5.75 Å². The molecular weight excluding hydrogens is 130 g/mol. The average Bonchev–Trinajstić information content (AvgIpc) is 1.35. The van der Waals surface area contributed by atoms with E-state index in [0.717, 1.165) is 0 Å². The highest BCUT2D eigenvalue weighted by atomic mass is 35.7. The van der Waals surface area contributed by atoms with Crippen molar-refractivity contribution in [1.82, 2.24) is 0 Å². The van der Waals surface area contributed by atoms with Gasteiger partial charge in [0.05, 0.1) is 5.75 Å². The first-order valence-electron chi connectivity index (χ1n) is 1.29. The van der Waals surface area contributed by atoms with Gasteiger partial charge in [-0.3, -0.25) is 0 Å². The first kappa shape index (κ1) is 6.50. The number of alkyl halides is 2. The zero-order chi connectivity index (χ0) is 4.99. The lowest BCUT2D eigenvalue weighted by Crippen LogP contribution is -1.89. The summed E-state index contributed by atoms with van der Waals surface area (Å²) in [6.45, 7) is 0. The lowest BCUT2D eigenvalue weighted by atomic mass is 10.9. The Morgan fingerprint density at radius 2 is 2.17 bits per heavy atom. The molecule has 0 nitrogen and oxygen atoms in total. The van der Waals surface area contributed by atoms with Crippen LogP contribution in [0.25, 0.3) is 0 Å². The highest BCUT2D eigenvalue weighted by molar-refractivity contribution is 8.21. The fourth-order valence-corrected chi connectivity index (χ4v) is 0.429. The van der Waals surface area contributed by atoms with Gasteiger partial charge in [0.2, 0.25) is 6.43 Å². The Labute approximate surface area is 43.4 Å². The van der Waals surface area contributed by atoms with Crippen molar-refractivity contribution in [1.29, 1.82) is 0 Å². The third kappa shape index (κ3) is 4.50. The molecule has 0 N–H and O–H groups in total. The van der Waals surface area contributed by atoms with E-state index < -0.39 is 6.43 Å². The molecule has 0 aliphatic heterocycles. The van der Waals surface area contributed by atoms with Crippen molar-refractivity contribution in [2.24, 2.45) is 0 Å². The van der Waals surface area contributed by atoms with Crippen molar-refractivity contribution in [3.05, 3.63) is 0 Å². The summed E-state index contributed by atoms with van der Waals surface area (Å²) in [5.41, 5.74) is 0. The molecule has 0 bridgehead atoms. The van der Waals surface area contributed by atoms with Crippen molar-refractivity contribution in [3.8, 4) is 0 Å². The van der Waals surface area contributed by atoms with Gasteiger partial charge in [0.15, 0.2) is 0 Å². The summed E-state index contributed by atoms with van der Waals surface area (Å²) in [4.78, 5) is 0. The van der Waals surface area contributed by atoms with Gasteiger partial charge in [-0.05, 0) is 21.7 Å². The predicted octanol–water partition coefficient (Wildman–Crippen LogP) is 2.14. The number of halogens is 3. The second kappa shape index (κ2) is 3.68. The van der Waals surface area contributed by atoms with Gasteiger partial charge in [0.1, 0.15) is 0 Å². The largest absolute Gasteiger partial charge is 0.248 e. The maximum atomic E-state index is 10.9. The molecule has 0 unspecified atom stereocenters. The summed E-state index contributed by atoms with van der Waals surface area (Å²) in [7, 11) is 5.47. The Morgan fingerprint density at radius 1 is 1.67 bits per heavy atom. The lowest BCUT2D eigenvalue weighted by Gasteiger charge is -1.85. The van der Waals surface area contributed by atoms with E-state index in [-0.39, 0.29) is 5.75 Å². The number of rotatable bonds is 2. The zero-order valence-corrected chi connectivity index (χ0v) is 4.40. The van der Waals surface area contributed by atoms with Gasteiger partial charge in [-0.1, -0.05) is 0 Å². The van der Waals surface area contributed by atoms with Crippen LogP contribution in [-0.4, -0.2) is 12.2 Å². The SMILES string of the molecule is FC(F)CSCl. The summed E-state index contributed by atoms with van der Waals surface area (Å²) in [5, 5.41) is 0. The monoisotopic (exact) mass is 132 g/mol. The van der Waals surface area contributed by atoms with Gasteiger partial charge >= 0.3 is 0 Å². The summed E-state index contributed by atoms with van der Waals surface area (Å²) >= 11 is 0. The molecule has 6 heavy (non-hydrogen) atoms. The molecule has 4 heteroatoms. The van der Waals surface area contributed by atoms with E-state index in [1.54, 1.807) is 0 Å². The Morgan fingerprint density at radius 3 is 2.17 bits per heavy atom. The Kier molecular flexibility index (Phi) is 3.99. The van der Waals surface area contributed by atoms with Gasteiger partial charge in [0, 0.05) is 0 Å². The smallest absolute Gasteiger partial charge is 0.210 e. The standard InChI is InChI=1S/C2H3ClF2S/c3-6-1-2(4)5/h2H,1H2. The molecule has 0 rings (SSSR count). The molecule has 0 fully saturated rings. The van der Waals surface area contributed by atoms with Crippen LogP contribution in [0.1, 0.15) is 0 Å². The van der Waals surface area contributed by atoms with Crippen LogP contribution >= 0.6 is 21.7 Å². The first-order valence-corrected chi connectivity index (χ1v) is 3.10. The Hall–Kier alpha value is 0.500. The summed E-state index contributed by atoms with van der Waals surface area (Å²) in [6, 6.07) is 0. The molecule has 0 aromatic rings. The topological polar surface area (TPSA) is 0 Å². The molecular formula is C2H3ClF2S. The molecule has 0 aromatic carbocycles. The minimum Gasteiger partial charge on any atom is -0.210 e. The van der Waals surface area contributed by atoms with E-state index in [1.807, 2.05) is 0 Å². The third-order valence-corrected chi connectivity index (χ3v) is 0.945. The fraction of sp³-hybridized carbons (Fsp3) is 1.00. The van der Waals surface area contributed by atoms with E-state index in [1.165, 1.54) is 0 Å². The number of hydrogen-bond acceptors (Lipinski definition) is 1. The fourth-order valence-electron chi connectivity index (χ4n) is 0.0476. The van der Waals surface area contributed by atoms with Crippen LogP contribution < -0.4 is 0 Å². The summed E-state index contributed by atoms with van der Waals surface area (Å²) < 4.78 is 21.9. The Bertz CT molecular complexity index is 32.7. The number of hydrogen-bond donors (Lipinski definition) is 0. The summed E-state index contributed by atoms with van der Waals surface area (Å²) in [6.07, 6.45) is -2.27. The van der Waals surface area contributed by atoms with Crippen molar-refractivity contribution < 1.29 is 8.78 Å². The maximum absolute atomic E-state index is 10.9. The van der Waals surface area contributed by atoms with Crippen molar-refractivity contribution >= 4 is 21.7 Å². The Balaban J connectivity index is 2.63. The van der Waals surface area contributed by atoms with Crippen LogP contribution in [0.3, 0.4) is 0 Å². The second-order valence-electron chi connectivity index (χ2n) is 0.667. The molecule has 0 amide bonds. The van der Waals surface area contributed by atoms with E-state index >= 15 is 0 Å². The van der Waals surface area contributed by atoms with E-state index in [4.69, 9.17) is 10.7 Å². The first-order chi connectivity index (χ1) is 2.77. The van der Waals surface area contributed by atoms with Gasteiger partial charge in [-0.25, -0.2) is 8.78 Å². The minimum atomic E-state index is -2.27. The molecule has 0 atom stereocenters. The quantitative estimate of drug-likeness (QED) is 0.555. The molecule has 0 radical (unpaired) electrons. The zero-order valence-electron chi connectivity index (χ0n) is 2.83. The van der Waals surface area contributed by atoms with Gasteiger partial charge in [-0.15, -0.1) is 0 Å². The van der Waals surface area contributed by atoms with Crippen LogP contribution in [0.15, 0.2) is 0 Å². The molecule has 0 saturated carbocycles. The lowest BCUT2D eigenvalue weighted by molar-refractivity contribution is 0.177. The van der Waals surface area contributed by atoms with Crippen molar-refractivity contribution in [2.45, 2.75) is 6.43 Å². The summed E-state index contributed by atoms with van der Waals surface area (Å²) in [5.74, 6) is -0.276. The van der Waals surface area contributed by atoms with E-state index in [2.05, 4.69) is 0 Å². The molecule has 0 aliphatic carbocycles. The van der Waals surface area contributed by atoms with E-state index in [9.17, 15) is 8.78 Å². The van der Waals surface area contributed by atoms with E-state index in [0.29, 0.717) is 11.0 Å². The second-order valence-corrected chi connectivity index (χ2v) is 1.87. The molecule has 0 spiro atoms. The van der Waals surface area contributed by atoms with Crippen molar-refractivity contribution in [3.63, 3.8) is 0 Å². The van der Waals surface area contributed by atoms with Crippen LogP contribution in [0, 0.1) is 0 Å². The molecule has 0 aromatic heterocycles. The highest BCUT2D eigenvalue weighted by Crippen LogP contribution is 2.09. The minimum absolute atomic E-state index is 0.276. The van der Waals surface area contributed by atoms with Gasteiger partial charge in [-0.2, -0.15) is 0 Å².